The molecule has 0 aliphatic rings. The molecule has 0 aliphatic heterocycles. The summed E-state index contributed by atoms with van der Waals surface area (Å²) in [6.07, 6.45) is 2.86. The molecule has 0 heterocycles. The number of unbranched alkanes of at least 4 members (excludes halogenated alkanes) is 1. The zero-order chi connectivity index (χ0) is 4.12. The van der Waals surface area contributed by atoms with Crippen LogP contribution in [-0.2, 0) is 13.5 Å². The van der Waals surface area contributed by atoms with Crippen LogP contribution in [0, 0.1) is 0 Å². The number of rotatable bonds is 2. The predicted molar refractivity (Wildman–Crippen MR) is 38.4 cm³/mol. The third kappa shape index (κ3) is 8.86. The Morgan fingerprint density at radius 2 is 2.00 bits per heavy atom. The van der Waals surface area contributed by atoms with E-state index in [1.54, 1.807) is 0 Å². The second-order valence-corrected chi connectivity index (χ2v) is 3.45. The molecule has 0 rings (SSSR count). The van der Waals surface area contributed by atoms with Gasteiger partial charge in [0, 0.05) is 0 Å². The summed E-state index contributed by atoms with van der Waals surface area (Å²) < 4.78 is 0. The second kappa shape index (κ2) is 9.31. The van der Waals surface area contributed by atoms with Gasteiger partial charge in [0.25, 0.3) is 0 Å². The molecule has 0 spiro atoms. The van der Waals surface area contributed by atoms with E-state index >= 15 is 0 Å². The monoisotopic (exact) mass is 167 g/mol. The summed E-state index contributed by atoms with van der Waals surface area (Å²) >= 11 is 1.11. The van der Waals surface area contributed by atoms with E-state index in [0.29, 0.717) is 0 Å². The van der Waals surface area contributed by atoms with E-state index in [1.165, 1.54) is 18.1 Å². The Hall–Kier alpha value is 0.893. The minimum Gasteiger partial charge on any atom is -0.813 e. The fourth-order valence-corrected chi connectivity index (χ4v) is 1.84. The Balaban J connectivity index is 0. The summed E-state index contributed by atoms with van der Waals surface area (Å²) in [6, 6.07) is 0. The minimum atomic E-state index is 0. The molecule has 0 unspecified atom stereocenters. The molecule has 0 fully saturated rings. The van der Waals surface area contributed by atoms with Crippen LogP contribution in [0.15, 0.2) is 0 Å². The van der Waals surface area contributed by atoms with Crippen molar-refractivity contribution in [3.05, 3.63) is 0 Å². The van der Waals surface area contributed by atoms with E-state index in [9.17, 15) is 0 Å². The molecule has 0 atom stereocenters. The predicted octanol–water partition coefficient (Wildman–Crippen LogP) is 0.300. The van der Waals surface area contributed by atoms with Gasteiger partial charge in [-0.2, -0.15) is 0 Å². The molecule has 0 aromatic carbocycles. The Kier molecular flexibility index (Phi) is 15.5. The van der Waals surface area contributed by atoms with Crippen molar-refractivity contribution in [2.45, 2.75) is 25.0 Å². The summed E-state index contributed by atoms with van der Waals surface area (Å²) in [6.45, 7) is 2.24. The van der Waals surface area contributed by atoms with E-state index in [0.717, 1.165) is 16.5 Å². The fraction of sp³-hybridized carbons (Fsp3) is 1.00. The van der Waals surface area contributed by atoms with Crippen LogP contribution in [0.3, 0.4) is 0 Å². The Morgan fingerprint density at radius 3 is 2.00 bits per heavy atom. The smallest absolute Gasteiger partial charge is 0.813 e. The molecule has 0 radical (unpaired) electrons. The van der Waals surface area contributed by atoms with Crippen molar-refractivity contribution in [2.24, 2.45) is 0 Å². The maximum atomic E-state index is 2.24. The minimum absolute atomic E-state index is 0. The molecular formula is C4H13GeS-. The Morgan fingerprint density at radius 1 is 1.50 bits per heavy atom. The van der Waals surface area contributed by atoms with Crippen molar-refractivity contribution < 1.29 is 0 Å². The molecule has 0 N–H and O–H groups in total. The Bertz CT molecular complexity index is 15.0. The molecule has 2 heteroatoms. The summed E-state index contributed by atoms with van der Waals surface area (Å²) in [5, 5.41) is 1.53. The van der Waals surface area contributed by atoms with Crippen LogP contribution in [0.25, 0.3) is 0 Å². The second-order valence-electron chi connectivity index (χ2n) is 1.35. The summed E-state index contributed by atoms with van der Waals surface area (Å²) in [7, 11) is 0. The Labute approximate surface area is 55.4 Å². The van der Waals surface area contributed by atoms with Gasteiger partial charge in [-0.15, -0.1) is 0 Å². The molecule has 0 saturated carbocycles. The molecule has 0 aromatic rings. The van der Waals surface area contributed by atoms with Gasteiger partial charge < -0.3 is 13.5 Å². The molecule has 40 valence electrons. The van der Waals surface area contributed by atoms with Gasteiger partial charge in [0.1, 0.15) is 0 Å². The van der Waals surface area contributed by atoms with Crippen molar-refractivity contribution >= 4 is 30.0 Å². The third-order valence-corrected chi connectivity index (χ3v) is 2.19. The van der Waals surface area contributed by atoms with Gasteiger partial charge in [-0.25, -0.2) is 0 Å². The zero-order valence-electron chi connectivity index (χ0n) is 4.57. The SMILES string of the molecule is CCC[CH2][GeH3].[SH-]. The molecule has 0 nitrogen and oxygen atoms in total. The zero-order valence-corrected chi connectivity index (χ0v) is 9.66. The normalized spacial score (nSPS) is 7.50. The summed E-state index contributed by atoms with van der Waals surface area (Å²) in [5.74, 6) is 0. The van der Waals surface area contributed by atoms with Crippen LogP contribution < -0.4 is 0 Å². The maximum Gasteiger partial charge on any atom is -0.813 e. The van der Waals surface area contributed by atoms with Crippen molar-refractivity contribution in [3.8, 4) is 0 Å². The van der Waals surface area contributed by atoms with Gasteiger partial charge in [0.05, 0.1) is 0 Å². The van der Waals surface area contributed by atoms with Crippen LogP contribution in [0.2, 0.25) is 5.25 Å². The average molecular weight is 166 g/mol. The van der Waals surface area contributed by atoms with Crippen LogP contribution in [0.5, 0.6) is 0 Å². The molecule has 0 aliphatic carbocycles. The standard InChI is InChI=1S/C4H12Ge.H2S/c1-2-3-4-5;/h2-4H2,1,5H3;1H2/p-1. The number of hydrogen-bond donors (Lipinski definition) is 0. The number of thiol groups is 1. The summed E-state index contributed by atoms with van der Waals surface area (Å²) in [5.41, 5.74) is 0. The fourth-order valence-electron chi connectivity index (χ4n) is 0.354. The van der Waals surface area contributed by atoms with Gasteiger partial charge in [-0.1, -0.05) is 0 Å². The first-order chi connectivity index (χ1) is 2.41. The van der Waals surface area contributed by atoms with E-state index in [-0.39, 0.29) is 13.5 Å². The van der Waals surface area contributed by atoms with Crippen LogP contribution in [-0.4, -0.2) is 16.5 Å². The van der Waals surface area contributed by atoms with Crippen molar-refractivity contribution in [2.75, 3.05) is 0 Å². The first-order valence-electron chi connectivity index (χ1n) is 2.41. The molecule has 0 bridgehead atoms. The topological polar surface area (TPSA) is 0 Å². The average Bonchev–Trinajstić information content (AvgIpc) is 1.41. The first kappa shape index (κ1) is 10.00. The van der Waals surface area contributed by atoms with Gasteiger partial charge in [-0.05, 0) is 0 Å². The van der Waals surface area contributed by atoms with Gasteiger partial charge in [0.15, 0.2) is 0 Å². The van der Waals surface area contributed by atoms with Crippen molar-refractivity contribution in [1.29, 1.82) is 0 Å². The van der Waals surface area contributed by atoms with Gasteiger partial charge in [-0.3, -0.25) is 0 Å². The van der Waals surface area contributed by atoms with Crippen LogP contribution in [0.1, 0.15) is 19.8 Å². The molecule has 0 aromatic heterocycles. The van der Waals surface area contributed by atoms with Gasteiger partial charge in [0.2, 0.25) is 0 Å². The van der Waals surface area contributed by atoms with E-state index in [4.69, 9.17) is 0 Å². The van der Waals surface area contributed by atoms with Crippen molar-refractivity contribution in [1.82, 2.24) is 0 Å². The third-order valence-electron chi connectivity index (χ3n) is 0.707. The quantitative estimate of drug-likeness (QED) is 0.323. The molecule has 6 heavy (non-hydrogen) atoms. The maximum absolute atomic E-state index is 2.24. The van der Waals surface area contributed by atoms with E-state index in [2.05, 4.69) is 6.92 Å². The molecule has 0 amide bonds. The first-order valence-corrected chi connectivity index (χ1v) is 5.38. The van der Waals surface area contributed by atoms with Crippen molar-refractivity contribution in [3.63, 3.8) is 0 Å². The molecular weight excluding hydrogens is 153 g/mol. The largest absolute Gasteiger partial charge is 0.813 e. The van der Waals surface area contributed by atoms with E-state index < -0.39 is 0 Å². The van der Waals surface area contributed by atoms with E-state index in [1.807, 2.05) is 0 Å². The summed E-state index contributed by atoms with van der Waals surface area (Å²) in [4.78, 5) is 0. The van der Waals surface area contributed by atoms with Gasteiger partial charge >= 0.3 is 41.5 Å². The molecule has 0 saturated heterocycles. The number of hydrogen-bond acceptors (Lipinski definition) is 1. The van der Waals surface area contributed by atoms with Crippen LogP contribution >= 0.6 is 0 Å². The van der Waals surface area contributed by atoms with Crippen LogP contribution in [0.4, 0.5) is 0 Å².